The smallest absolute Gasteiger partial charge is 0.309 e. The van der Waals surface area contributed by atoms with E-state index in [1.54, 1.807) is 11.3 Å². The van der Waals surface area contributed by atoms with Crippen molar-refractivity contribution in [2.75, 3.05) is 6.61 Å². The zero-order valence-electron chi connectivity index (χ0n) is 14.6. The number of fused-ring (bicyclic) bond motifs is 2. The molecule has 4 rings (SSSR count). The van der Waals surface area contributed by atoms with Crippen molar-refractivity contribution in [1.29, 1.82) is 0 Å². The highest BCUT2D eigenvalue weighted by molar-refractivity contribution is 7.09. The van der Waals surface area contributed by atoms with Crippen LogP contribution in [0.25, 0.3) is 0 Å². The van der Waals surface area contributed by atoms with Crippen LogP contribution < -0.4 is 4.57 Å². The van der Waals surface area contributed by atoms with Gasteiger partial charge in [-0.1, -0.05) is 53.8 Å². The molecule has 3 atom stereocenters. The Bertz CT molecular complexity index is 780. The minimum absolute atomic E-state index is 0.00298. The summed E-state index contributed by atoms with van der Waals surface area (Å²) in [6, 6.07) is 10.5. The summed E-state index contributed by atoms with van der Waals surface area (Å²) in [7, 11) is 0. The third-order valence-corrected chi connectivity index (χ3v) is 6.65. The molecule has 1 aromatic carbocycles. The van der Waals surface area contributed by atoms with Gasteiger partial charge in [0.2, 0.25) is 5.51 Å². The first kappa shape index (κ1) is 16.5. The summed E-state index contributed by atoms with van der Waals surface area (Å²) in [5.41, 5.74) is 4.74. The van der Waals surface area contributed by atoms with Crippen LogP contribution in [0.5, 0.6) is 0 Å². The number of thiazole rings is 1. The van der Waals surface area contributed by atoms with Crippen molar-refractivity contribution < 1.29 is 14.1 Å². The van der Waals surface area contributed by atoms with Gasteiger partial charge in [0.05, 0.1) is 17.4 Å². The van der Waals surface area contributed by atoms with Gasteiger partial charge in [-0.05, 0) is 24.7 Å². The highest BCUT2D eigenvalue weighted by Crippen LogP contribution is 2.43. The van der Waals surface area contributed by atoms with Crippen molar-refractivity contribution in [3.8, 4) is 0 Å². The monoisotopic (exact) mass is 354 g/mol. The lowest BCUT2D eigenvalue weighted by molar-refractivity contribution is -0.689. The first-order chi connectivity index (χ1) is 12.2. The molecule has 0 aliphatic heterocycles. The van der Waals surface area contributed by atoms with E-state index < -0.39 is 0 Å². The van der Waals surface area contributed by atoms with Crippen LogP contribution in [-0.4, -0.2) is 12.6 Å². The average Bonchev–Trinajstić information content (AvgIpc) is 3.34. The Hall–Kier alpha value is -1.94. The van der Waals surface area contributed by atoms with Crippen LogP contribution in [-0.2, 0) is 22.5 Å². The minimum Gasteiger partial charge on any atom is -0.465 e. The Morgan fingerprint density at radius 1 is 1.24 bits per heavy atom. The Balaban J connectivity index is 1.30. The second-order valence-electron chi connectivity index (χ2n) is 7.15. The van der Waals surface area contributed by atoms with E-state index in [0.717, 1.165) is 25.8 Å². The molecule has 1 heterocycles. The van der Waals surface area contributed by atoms with Crippen LogP contribution in [0.1, 0.15) is 29.0 Å². The van der Waals surface area contributed by atoms with Crippen LogP contribution in [0.3, 0.4) is 0 Å². The Labute approximate surface area is 153 Å². The number of nitrogens with zero attached hydrogens (tertiary/aromatic N) is 1. The third kappa shape index (κ3) is 3.54. The maximum Gasteiger partial charge on any atom is 0.309 e. The molecule has 2 aliphatic carbocycles. The summed E-state index contributed by atoms with van der Waals surface area (Å²) >= 11 is 1.75. The lowest BCUT2D eigenvalue weighted by Gasteiger charge is -2.16. The second kappa shape index (κ2) is 7.12. The van der Waals surface area contributed by atoms with Gasteiger partial charge in [-0.25, -0.2) is 0 Å². The van der Waals surface area contributed by atoms with Crippen molar-refractivity contribution in [1.82, 2.24) is 0 Å². The Morgan fingerprint density at radius 2 is 2.08 bits per heavy atom. The minimum atomic E-state index is 0.00298. The molecular formula is C21H24NO2S+. The number of hydrogen-bond donors (Lipinski definition) is 0. The zero-order chi connectivity index (χ0) is 17.2. The number of aromatic nitrogens is 1. The van der Waals surface area contributed by atoms with Gasteiger partial charge in [-0.2, -0.15) is 4.57 Å². The lowest BCUT2D eigenvalue weighted by atomic mass is 9.94. The van der Waals surface area contributed by atoms with Crippen molar-refractivity contribution >= 4 is 17.3 Å². The normalized spacial score (nSPS) is 24.0. The topological polar surface area (TPSA) is 30.2 Å². The molecule has 2 aromatic rings. The summed E-state index contributed by atoms with van der Waals surface area (Å²) in [6.07, 6.45) is 7.39. The first-order valence-electron chi connectivity index (χ1n) is 9.06. The first-order valence-corrected chi connectivity index (χ1v) is 9.94. The fourth-order valence-electron chi connectivity index (χ4n) is 4.03. The van der Waals surface area contributed by atoms with E-state index in [0.29, 0.717) is 18.4 Å². The van der Waals surface area contributed by atoms with Crippen molar-refractivity contribution in [2.45, 2.75) is 32.7 Å². The van der Waals surface area contributed by atoms with Crippen LogP contribution in [0.4, 0.5) is 0 Å². The number of carbonyl (C=O) groups is 1. The average molecular weight is 354 g/mol. The molecule has 2 aliphatic rings. The van der Waals surface area contributed by atoms with E-state index >= 15 is 0 Å². The predicted octanol–water partition coefficient (Wildman–Crippen LogP) is 3.69. The summed E-state index contributed by atoms with van der Waals surface area (Å²) in [5.74, 6) is 1.14. The molecular weight excluding hydrogens is 330 g/mol. The number of rotatable bonds is 6. The number of ether oxygens (including phenoxy) is 1. The largest absolute Gasteiger partial charge is 0.465 e. The predicted molar refractivity (Wildman–Crippen MR) is 98.3 cm³/mol. The van der Waals surface area contributed by atoms with E-state index in [-0.39, 0.29) is 11.9 Å². The molecule has 4 heteroatoms. The van der Waals surface area contributed by atoms with Gasteiger partial charge in [0.1, 0.15) is 0 Å². The molecule has 1 fully saturated rings. The number of hydrogen-bond acceptors (Lipinski definition) is 3. The van der Waals surface area contributed by atoms with E-state index in [1.165, 1.54) is 16.1 Å². The summed E-state index contributed by atoms with van der Waals surface area (Å²) in [5, 5.41) is 0. The van der Waals surface area contributed by atoms with Crippen LogP contribution in [0.15, 0.2) is 48.0 Å². The van der Waals surface area contributed by atoms with Crippen molar-refractivity contribution in [3.63, 3.8) is 0 Å². The maximum absolute atomic E-state index is 12.3. The van der Waals surface area contributed by atoms with E-state index in [2.05, 4.69) is 53.4 Å². The molecule has 25 heavy (non-hydrogen) atoms. The number of benzene rings is 1. The molecule has 0 spiro atoms. The molecule has 2 bridgehead atoms. The van der Waals surface area contributed by atoms with Gasteiger partial charge < -0.3 is 4.74 Å². The fraction of sp³-hybridized carbons (Fsp3) is 0.429. The molecule has 0 amide bonds. The van der Waals surface area contributed by atoms with Gasteiger partial charge in [0.25, 0.3) is 0 Å². The summed E-state index contributed by atoms with van der Waals surface area (Å²) < 4.78 is 7.87. The molecule has 1 saturated carbocycles. The fourth-order valence-corrected chi connectivity index (χ4v) is 5.01. The highest BCUT2D eigenvalue weighted by atomic mass is 32.1. The standard InChI is InChI=1S/C21H24NO2S/c1-15-20(25-14-22(15)13-16-5-3-2-4-6-16)9-10-24-21(23)19-12-17-7-8-18(19)11-17/h2-8,14,17-19H,9-13H2,1H3/q+1/t17-,18-,19-/m0/s1. The van der Waals surface area contributed by atoms with Crippen LogP contribution in [0, 0.1) is 24.7 Å². The number of carbonyl (C=O) groups excluding carboxylic acids is 1. The Kier molecular flexibility index (Phi) is 4.71. The quantitative estimate of drug-likeness (QED) is 0.450. The van der Waals surface area contributed by atoms with Gasteiger partial charge in [-0.15, -0.1) is 0 Å². The van der Waals surface area contributed by atoms with E-state index in [1.807, 2.05) is 6.07 Å². The summed E-state index contributed by atoms with van der Waals surface area (Å²) in [6.45, 7) is 3.53. The molecule has 0 N–H and O–H groups in total. The molecule has 0 saturated heterocycles. The Morgan fingerprint density at radius 3 is 2.80 bits per heavy atom. The second-order valence-corrected chi connectivity index (χ2v) is 8.09. The zero-order valence-corrected chi connectivity index (χ0v) is 15.4. The van der Waals surface area contributed by atoms with Crippen LogP contribution in [0.2, 0.25) is 0 Å². The maximum atomic E-state index is 12.3. The molecule has 130 valence electrons. The van der Waals surface area contributed by atoms with Crippen LogP contribution >= 0.6 is 11.3 Å². The van der Waals surface area contributed by atoms with Gasteiger partial charge in [0, 0.05) is 18.9 Å². The molecule has 0 unspecified atom stereocenters. The number of allylic oxidation sites excluding steroid dienone is 2. The van der Waals surface area contributed by atoms with Gasteiger partial charge >= 0.3 is 5.97 Å². The third-order valence-electron chi connectivity index (χ3n) is 5.51. The van der Waals surface area contributed by atoms with Crippen molar-refractivity contribution in [2.24, 2.45) is 17.8 Å². The van der Waals surface area contributed by atoms with Gasteiger partial charge in [0.15, 0.2) is 12.2 Å². The number of esters is 1. The van der Waals surface area contributed by atoms with E-state index in [4.69, 9.17) is 4.74 Å². The van der Waals surface area contributed by atoms with E-state index in [9.17, 15) is 4.79 Å². The highest BCUT2D eigenvalue weighted by Gasteiger charge is 2.40. The van der Waals surface area contributed by atoms with Gasteiger partial charge in [-0.3, -0.25) is 4.79 Å². The lowest BCUT2D eigenvalue weighted by Crippen LogP contribution is -2.35. The molecule has 1 aromatic heterocycles. The molecule has 3 nitrogen and oxygen atoms in total. The summed E-state index contributed by atoms with van der Waals surface area (Å²) in [4.78, 5) is 13.6. The molecule has 0 radical (unpaired) electrons. The SMILES string of the molecule is Cc1c(CCOC(=O)[C@H]2C[C@H]3C=C[C@H]2C3)sc[n+]1Cc1ccccc1. The van der Waals surface area contributed by atoms with Crippen molar-refractivity contribution in [3.05, 3.63) is 64.1 Å².